The summed E-state index contributed by atoms with van der Waals surface area (Å²) in [4.78, 5) is 27.8. The number of benzene rings is 2. The van der Waals surface area contributed by atoms with Crippen molar-refractivity contribution in [2.24, 2.45) is 0 Å². The van der Waals surface area contributed by atoms with Crippen LogP contribution in [-0.4, -0.2) is 28.6 Å². The minimum Gasteiger partial charge on any atom is -0.314 e. The van der Waals surface area contributed by atoms with Gasteiger partial charge in [-0.05, 0) is 42.7 Å². The maximum absolute atomic E-state index is 13.4. The van der Waals surface area contributed by atoms with Crippen LogP contribution in [0.4, 0.5) is 11.5 Å². The van der Waals surface area contributed by atoms with E-state index in [1.54, 1.807) is 22.8 Å². The number of anilines is 2. The van der Waals surface area contributed by atoms with Gasteiger partial charge in [0, 0.05) is 24.7 Å². The molecule has 140 valence electrons. The Kier molecular flexibility index (Phi) is 3.32. The van der Waals surface area contributed by atoms with Crippen molar-refractivity contribution >= 4 is 23.3 Å². The van der Waals surface area contributed by atoms with E-state index in [1.807, 2.05) is 56.3 Å². The van der Waals surface area contributed by atoms with Crippen LogP contribution in [0.15, 0.2) is 48.7 Å². The van der Waals surface area contributed by atoms with Gasteiger partial charge < -0.3 is 10.2 Å². The van der Waals surface area contributed by atoms with Gasteiger partial charge in [0.05, 0.1) is 11.9 Å². The van der Waals surface area contributed by atoms with Gasteiger partial charge in [-0.15, -0.1) is 0 Å². The summed E-state index contributed by atoms with van der Waals surface area (Å²) in [6.07, 6.45) is 1.81. The Balaban J connectivity index is 1.79. The maximum atomic E-state index is 13.4. The van der Waals surface area contributed by atoms with Crippen molar-refractivity contribution in [3.05, 3.63) is 70.9 Å². The van der Waals surface area contributed by atoms with Crippen molar-refractivity contribution in [3.63, 3.8) is 0 Å². The van der Waals surface area contributed by atoms with Crippen LogP contribution >= 0.6 is 0 Å². The van der Waals surface area contributed by atoms with E-state index in [0.717, 1.165) is 33.6 Å². The third-order valence-electron chi connectivity index (χ3n) is 5.90. The van der Waals surface area contributed by atoms with Crippen molar-refractivity contribution < 1.29 is 9.59 Å². The highest BCUT2D eigenvalue weighted by Gasteiger charge is 2.56. The van der Waals surface area contributed by atoms with E-state index in [-0.39, 0.29) is 18.2 Å². The summed E-state index contributed by atoms with van der Waals surface area (Å²) in [5.74, 6) is 0.298. The van der Waals surface area contributed by atoms with Crippen LogP contribution in [0.1, 0.15) is 28.7 Å². The highest BCUT2D eigenvalue weighted by atomic mass is 16.2. The molecule has 0 radical (unpaired) electrons. The number of hydrogen-bond donors (Lipinski definition) is 1. The molecular weight excluding hydrogens is 352 g/mol. The van der Waals surface area contributed by atoms with Gasteiger partial charge >= 0.3 is 0 Å². The molecular formula is C22H20N4O2. The molecule has 2 aliphatic rings. The topological polar surface area (TPSA) is 67.2 Å². The number of carbonyl (C=O) groups is 2. The van der Waals surface area contributed by atoms with Crippen LogP contribution in [0, 0.1) is 13.8 Å². The highest BCUT2D eigenvalue weighted by molar-refractivity contribution is 6.15. The fourth-order valence-electron chi connectivity index (χ4n) is 4.49. The van der Waals surface area contributed by atoms with Gasteiger partial charge in [0.25, 0.3) is 0 Å². The summed E-state index contributed by atoms with van der Waals surface area (Å²) in [5.41, 5.74) is 4.45. The molecule has 2 aromatic carbocycles. The summed E-state index contributed by atoms with van der Waals surface area (Å²) in [6, 6.07) is 13.8. The minimum atomic E-state index is -1.03. The molecule has 3 heterocycles. The number of nitrogens with one attached hydrogen (secondary N) is 1. The second-order valence-corrected chi connectivity index (χ2v) is 7.62. The van der Waals surface area contributed by atoms with Crippen molar-refractivity contribution in [2.75, 3.05) is 17.3 Å². The Morgan fingerprint density at radius 2 is 1.82 bits per heavy atom. The average molecular weight is 372 g/mol. The Bertz CT molecular complexity index is 1160. The van der Waals surface area contributed by atoms with Crippen molar-refractivity contribution in [3.8, 4) is 5.69 Å². The van der Waals surface area contributed by atoms with Gasteiger partial charge in [-0.1, -0.05) is 30.3 Å². The first kappa shape index (κ1) is 16.7. The molecule has 0 saturated carbocycles. The van der Waals surface area contributed by atoms with Crippen molar-refractivity contribution in [1.82, 2.24) is 9.78 Å². The van der Waals surface area contributed by atoms with Gasteiger partial charge in [0.1, 0.15) is 11.2 Å². The van der Waals surface area contributed by atoms with E-state index in [9.17, 15) is 9.59 Å². The SMILES string of the molecule is Cc1ccc(C)c(-n2ncc3c2NC(=O)CC32C(=O)N(C)c3ccccc32)c1. The highest BCUT2D eigenvalue weighted by Crippen LogP contribution is 2.51. The van der Waals surface area contributed by atoms with Crippen LogP contribution in [0.5, 0.6) is 0 Å². The third kappa shape index (κ3) is 2.00. The monoisotopic (exact) mass is 372 g/mol. The lowest BCUT2D eigenvalue weighted by Crippen LogP contribution is -2.45. The zero-order valence-corrected chi connectivity index (χ0v) is 16.0. The molecule has 28 heavy (non-hydrogen) atoms. The number of fused-ring (bicyclic) bond motifs is 4. The standard InChI is InChI=1S/C22H20N4O2/c1-13-8-9-14(2)18(10-13)26-20-16(12-23-26)22(11-19(27)24-20)15-6-4-5-7-17(15)25(3)21(22)28/h4-10,12H,11H2,1-3H3,(H,24,27). The summed E-state index contributed by atoms with van der Waals surface area (Å²) >= 11 is 0. The largest absolute Gasteiger partial charge is 0.314 e. The normalized spacial score (nSPS) is 20.3. The first-order chi connectivity index (χ1) is 13.4. The number of likely N-dealkylation sites (N-methyl/N-ethyl adjacent to an activating group) is 1. The van der Waals surface area contributed by atoms with E-state index in [1.165, 1.54) is 0 Å². The molecule has 0 saturated heterocycles. The Labute approximate surface area is 162 Å². The number of para-hydroxylation sites is 1. The fourth-order valence-corrected chi connectivity index (χ4v) is 4.49. The lowest BCUT2D eigenvalue weighted by atomic mass is 9.72. The molecule has 1 unspecified atom stereocenters. The van der Waals surface area contributed by atoms with E-state index in [4.69, 9.17) is 0 Å². The Morgan fingerprint density at radius 1 is 1.04 bits per heavy atom. The third-order valence-corrected chi connectivity index (χ3v) is 5.90. The van der Waals surface area contributed by atoms with E-state index in [2.05, 4.69) is 10.4 Å². The van der Waals surface area contributed by atoms with Crippen LogP contribution in [-0.2, 0) is 15.0 Å². The molecule has 0 aliphatic carbocycles. The average Bonchev–Trinajstić information content (AvgIpc) is 3.19. The van der Waals surface area contributed by atoms with E-state index >= 15 is 0 Å². The molecule has 0 fully saturated rings. The van der Waals surface area contributed by atoms with Gasteiger partial charge in [-0.3, -0.25) is 9.59 Å². The number of aryl methyl sites for hydroxylation is 2. The number of aromatic nitrogens is 2. The van der Waals surface area contributed by atoms with Crippen LogP contribution < -0.4 is 10.2 Å². The molecule has 6 heteroatoms. The quantitative estimate of drug-likeness (QED) is 0.714. The molecule has 1 aromatic heterocycles. The first-order valence-corrected chi connectivity index (χ1v) is 9.27. The predicted molar refractivity (Wildman–Crippen MR) is 107 cm³/mol. The minimum absolute atomic E-state index is 0.0820. The maximum Gasteiger partial charge on any atom is 0.242 e. The van der Waals surface area contributed by atoms with Crippen LogP contribution in [0.2, 0.25) is 0 Å². The summed E-state index contributed by atoms with van der Waals surface area (Å²) in [5, 5.41) is 7.55. The molecule has 1 N–H and O–H groups in total. The molecule has 1 spiro atoms. The molecule has 6 nitrogen and oxygen atoms in total. The number of nitrogens with zero attached hydrogens (tertiary/aromatic N) is 3. The predicted octanol–water partition coefficient (Wildman–Crippen LogP) is 3.09. The van der Waals surface area contributed by atoms with Gasteiger partial charge in [-0.2, -0.15) is 5.10 Å². The van der Waals surface area contributed by atoms with Crippen molar-refractivity contribution in [1.29, 1.82) is 0 Å². The van der Waals surface area contributed by atoms with Crippen LogP contribution in [0.3, 0.4) is 0 Å². The smallest absolute Gasteiger partial charge is 0.242 e. The summed E-state index contributed by atoms with van der Waals surface area (Å²) in [6.45, 7) is 4.03. The second-order valence-electron chi connectivity index (χ2n) is 7.62. The number of carbonyl (C=O) groups excluding carboxylic acids is 2. The second kappa shape index (κ2) is 5.55. The fraction of sp³-hybridized carbons (Fsp3) is 0.227. The Hall–Kier alpha value is -3.41. The summed E-state index contributed by atoms with van der Waals surface area (Å²) in [7, 11) is 1.76. The lowest BCUT2D eigenvalue weighted by molar-refractivity contribution is -0.126. The Morgan fingerprint density at radius 3 is 2.64 bits per heavy atom. The zero-order chi connectivity index (χ0) is 19.6. The number of hydrogen-bond acceptors (Lipinski definition) is 3. The summed E-state index contributed by atoms with van der Waals surface area (Å²) < 4.78 is 1.74. The number of amides is 2. The molecule has 2 aliphatic heterocycles. The number of rotatable bonds is 1. The first-order valence-electron chi connectivity index (χ1n) is 9.27. The van der Waals surface area contributed by atoms with Crippen molar-refractivity contribution in [2.45, 2.75) is 25.7 Å². The van der Waals surface area contributed by atoms with E-state index < -0.39 is 5.41 Å². The van der Waals surface area contributed by atoms with Gasteiger partial charge in [0.2, 0.25) is 11.8 Å². The molecule has 1 atom stereocenters. The van der Waals surface area contributed by atoms with Gasteiger partial charge in [-0.25, -0.2) is 4.68 Å². The lowest BCUT2D eigenvalue weighted by Gasteiger charge is -2.32. The molecule has 0 bridgehead atoms. The molecule has 5 rings (SSSR count). The van der Waals surface area contributed by atoms with Crippen LogP contribution in [0.25, 0.3) is 5.69 Å². The molecule has 3 aromatic rings. The molecule has 2 amide bonds. The van der Waals surface area contributed by atoms with Gasteiger partial charge in [0.15, 0.2) is 0 Å². The van der Waals surface area contributed by atoms with E-state index in [0.29, 0.717) is 5.82 Å². The zero-order valence-electron chi connectivity index (χ0n) is 16.0.